The fourth-order valence-corrected chi connectivity index (χ4v) is 4.41. The Morgan fingerprint density at radius 3 is 2.48 bits per heavy atom. The first kappa shape index (κ1) is 17.9. The molecule has 23 heavy (non-hydrogen) atoms. The van der Waals surface area contributed by atoms with Crippen LogP contribution in [0.2, 0.25) is 0 Å². The van der Waals surface area contributed by atoms with E-state index in [1.165, 1.54) is 4.31 Å². The zero-order valence-electron chi connectivity index (χ0n) is 14.0. The number of amides is 1. The summed E-state index contributed by atoms with van der Waals surface area (Å²) in [5.41, 5.74) is 2.15. The highest BCUT2D eigenvalue weighted by atomic mass is 32.2. The van der Waals surface area contributed by atoms with Gasteiger partial charge in [-0.25, -0.2) is 8.42 Å². The number of piperazine rings is 1. The van der Waals surface area contributed by atoms with Gasteiger partial charge in [-0.15, -0.1) is 0 Å². The van der Waals surface area contributed by atoms with Gasteiger partial charge in [-0.2, -0.15) is 4.31 Å². The molecule has 2 rings (SSSR count). The molecule has 0 aromatic heterocycles. The zero-order valence-corrected chi connectivity index (χ0v) is 14.8. The summed E-state index contributed by atoms with van der Waals surface area (Å²) >= 11 is 0. The van der Waals surface area contributed by atoms with Crippen LogP contribution in [0, 0.1) is 6.92 Å². The molecule has 0 bridgehead atoms. The van der Waals surface area contributed by atoms with Crippen molar-refractivity contribution in [3.8, 4) is 0 Å². The van der Waals surface area contributed by atoms with Crippen molar-refractivity contribution in [2.24, 2.45) is 0 Å². The van der Waals surface area contributed by atoms with E-state index in [9.17, 15) is 13.2 Å². The van der Waals surface area contributed by atoms with Crippen LogP contribution in [0.25, 0.3) is 0 Å². The first-order chi connectivity index (χ1) is 10.9. The van der Waals surface area contributed by atoms with E-state index < -0.39 is 10.0 Å². The average Bonchev–Trinajstić information content (AvgIpc) is 2.53. The van der Waals surface area contributed by atoms with Crippen molar-refractivity contribution < 1.29 is 13.2 Å². The molecule has 0 unspecified atom stereocenters. The SMILES string of the molecule is CCCCS(=O)(=O)N1CCN(C(=O)Cc2cccc(C)c2)CC1. The Morgan fingerprint density at radius 1 is 1.17 bits per heavy atom. The number of aryl methyl sites for hydroxylation is 1. The number of carbonyl (C=O) groups is 1. The highest BCUT2D eigenvalue weighted by Crippen LogP contribution is 2.12. The van der Waals surface area contributed by atoms with Crippen LogP contribution in [0.4, 0.5) is 0 Å². The standard InChI is InChI=1S/C17H26N2O3S/c1-3-4-12-23(21,22)19-10-8-18(9-11-19)17(20)14-16-7-5-6-15(2)13-16/h5-7,13H,3-4,8-12,14H2,1-2H3. The topological polar surface area (TPSA) is 57.7 Å². The van der Waals surface area contributed by atoms with Crippen LogP contribution in [0.1, 0.15) is 30.9 Å². The minimum Gasteiger partial charge on any atom is -0.340 e. The molecule has 128 valence electrons. The monoisotopic (exact) mass is 338 g/mol. The van der Waals surface area contributed by atoms with Crippen LogP contribution < -0.4 is 0 Å². The second-order valence-electron chi connectivity index (χ2n) is 6.12. The van der Waals surface area contributed by atoms with Crippen molar-refractivity contribution in [2.45, 2.75) is 33.1 Å². The molecular weight excluding hydrogens is 312 g/mol. The van der Waals surface area contributed by atoms with Gasteiger partial charge < -0.3 is 4.90 Å². The zero-order chi connectivity index (χ0) is 16.9. The van der Waals surface area contributed by atoms with Crippen molar-refractivity contribution in [3.63, 3.8) is 0 Å². The first-order valence-corrected chi connectivity index (χ1v) is 9.84. The van der Waals surface area contributed by atoms with Gasteiger partial charge in [0.15, 0.2) is 0 Å². The summed E-state index contributed by atoms with van der Waals surface area (Å²) in [7, 11) is -3.16. The third-order valence-electron chi connectivity index (χ3n) is 4.18. The number of hydrogen-bond donors (Lipinski definition) is 0. The lowest BCUT2D eigenvalue weighted by molar-refractivity contribution is -0.131. The maximum Gasteiger partial charge on any atom is 0.227 e. The van der Waals surface area contributed by atoms with Crippen LogP contribution in [0.5, 0.6) is 0 Å². The fourth-order valence-electron chi connectivity index (χ4n) is 2.78. The molecule has 0 saturated carbocycles. The van der Waals surface area contributed by atoms with Crippen LogP contribution >= 0.6 is 0 Å². The fraction of sp³-hybridized carbons (Fsp3) is 0.588. The molecule has 1 aliphatic heterocycles. The summed E-state index contributed by atoms with van der Waals surface area (Å²) in [4.78, 5) is 14.1. The van der Waals surface area contributed by atoms with E-state index >= 15 is 0 Å². The number of rotatable bonds is 6. The van der Waals surface area contributed by atoms with E-state index in [0.29, 0.717) is 39.0 Å². The van der Waals surface area contributed by atoms with Gasteiger partial charge in [0.2, 0.25) is 15.9 Å². The Kier molecular flexibility index (Phi) is 6.18. The molecule has 1 saturated heterocycles. The maximum absolute atomic E-state index is 12.4. The lowest BCUT2D eigenvalue weighted by Gasteiger charge is -2.34. The lowest BCUT2D eigenvalue weighted by Crippen LogP contribution is -2.51. The molecule has 5 nitrogen and oxygen atoms in total. The summed E-state index contributed by atoms with van der Waals surface area (Å²) < 4.78 is 25.9. The van der Waals surface area contributed by atoms with Gasteiger partial charge in [0.1, 0.15) is 0 Å². The first-order valence-electron chi connectivity index (χ1n) is 8.23. The summed E-state index contributed by atoms with van der Waals surface area (Å²) in [6.45, 7) is 5.77. The predicted molar refractivity (Wildman–Crippen MR) is 91.7 cm³/mol. The van der Waals surface area contributed by atoms with Gasteiger partial charge >= 0.3 is 0 Å². The van der Waals surface area contributed by atoms with Crippen LogP contribution in [0.15, 0.2) is 24.3 Å². The largest absolute Gasteiger partial charge is 0.340 e. The molecule has 1 aromatic carbocycles. The molecule has 0 radical (unpaired) electrons. The summed E-state index contributed by atoms with van der Waals surface area (Å²) in [5.74, 6) is 0.280. The molecular formula is C17H26N2O3S. The average molecular weight is 338 g/mol. The van der Waals surface area contributed by atoms with Crippen molar-refractivity contribution >= 4 is 15.9 Å². The number of benzene rings is 1. The van der Waals surface area contributed by atoms with Crippen molar-refractivity contribution in [1.29, 1.82) is 0 Å². The van der Waals surface area contributed by atoms with E-state index in [1.807, 2.05) is 38.1 Å². The van der Waals surface area contributed by atoms with Gasteiger partial charge in [0.25, 0.3) is 0 Å². The van der Waals surface area contributed by atoms with Crippen LogP contribution in [0.3, 0.4) is 0 Å². The second kappa shape index (κ2) is 7.93. The number of nitrogens with zero attached hydrogens (tertiary/aromatic N) is 2. The lowest BCUT2D eigenvalue weighted by atomic mass is 10.1. The molecule has 0 N–H and O–H groups in total. The van der Waals surface area contributed by atoms with E-state index in [4.69, 9.17) is 0 Å². The molecule has 1 amide bonds. The minimum atomic E-state index is -3.16. The predicted octanol–water partition coefficient (Wildman–Crippen LogP) is 1.81. The Morgan fingerprint density at radius 2 is 1.87 bits per heavy atom. The molecule has 1 aromatic rings. The molecule has 1 aliphatic rings. The third-order valence-corrected chi connectivity index (χ3v) is 6.13. The van der Waals surface area contributed by atoms with Crippen molar-refractivity contribution in [2.75, 3.05) is 31.9 Å². The molecule has 1 fully saturated rings. The van der Waals surface area contributed by atoms with E-state index in [-0.39, 0.29) is 11.7 Å². The minimum absolute atomic E-state index is 0.0706. The van der Waals surface area contributed by atoms with Gasteiger partial charge in [-0.1, -0.05) is 43.2 Å². The summed E-state index contributed by atoms with van der Waals surface area (Å²) in [6, 6.07) is 7.93. The van der Waals surface area contributed by atoms with E-state index in [0.717, 1.165) is 17.5 Å². The Hall–Kier alpha value is -1.40. The third kappa shape index (κ3) is 5.04. The van der Waals surface area contributed by atoms with Crippen molar-refractivity contribution in [1.82, 2.24) is 9.21 Å². The summed E-state index contributed by atoms with van der Waals surface area (Å²) in [5, 5.41) is 0. The highest BCUT2D eigenvalue weighted by molar-refractivity contribution is 7.89. The summed E-state index contributed by atoms with van der Waals surface area (Å²) in [6.07, 6.45) is 1.94. The van der Waals surface area contributed by atoms with Gasteiger partial charge in [0, 0.05) is 26.2 Å². The normalized spacial score (nSPS) is 16.5. The Bertz CT molecular complexity index is 635. The molecule has 0 aliphatic carbocycles. The molecule has 6 heteroatoms. The van der Waals surface area contributed by atoms with Crippen LogP contribution in [-0.2, 0) is 21.2 Å². The second-order valence-corrected chi connectivity index (χ2v) is 8.20. The van der Waals surface area contributed by atoms with Gasteiger partial charge in [-0.05, 0) is 18.9 Å². The molecule has 0 atom stereocenters. The van der Waals surface area contributed by atoms with Crippen molar-refractivity contribution in [3.05, 3.63) is 35.4 Å². The maximum atomic E-state index is 12.4. The highest BCUT2D eigenvalue weighted by Gasteiger charge is 2.28. The van der Waals surface area contributed by atoms with Gasteiger partial charge in [0.05, 0.1) is 12.2 Å². The van der Waals surface area contributed by atoms with Crippen LogP contribution in [-0.4, -0.2) is 55.5 Å². The van der Waals surface area contributed by atoms with Gasteiger partial charge in [-0.3, -0.25) is 4.79 Å². The Balaban J connectivity index is 1.87. The number of carbonyl (C=O) groups excluding carboxylic acids is 1. The number of sulfonamides is 1. The molecule has 1 heterocycles. The van der Waals surface area contributed by atoms with E-state index in [1.54, 1.807) is 4.90 Å². The number of hydrogen-bond acceptors (Lipinski definition) is 3. The number of unbranched alkanes of at least 4 members (excludes halogenated alkanes) is 1. The Labute approximate surface area is 139 Å². The quantitative estimate of drug-likeness (QED) is 0.795. The molecule has 0 spiro atoms. The smallest absolute Gasteiger partial charge is 0.227 e. The van der Waals surface area contributed by atoms with E-state index in [2.05, 4.69) is 0 Å².